The number of aldehydes is 1. The fourth-order valence-corrected chi connectivity index (χ4v) is 2.35. The van der Waals surface area contributed by atoms with Gasteiger partial charge in [0.25, 0.3) is 0 Å². The van der Waals surface area contributed by atoms with Gasteiger partial charge in [0.15, 0.2) is 0 Å². The summed E-state index contributed by atoms with van der Waals surface area (Å²) in [5, 5.41) is 26.8. The van der Waals surface area contributed by atoms with Gasteiger partial charge in [0, 0.05) is 26.2 Å². The molecule has 0 bridgehead atoms. The molecule has 0 heterocycles. The molecule has 160 valence electrons. The van der Waals surface area contributed by atoms with Crippen molar-refractivity contribution in [1.82, 2.24) is 14.7 Å². The highest BCUT2D eigenvalue weighted by atomic mass is 16.5. The largest absolute Gasteiger partial charge is 0.480 e. The Bertz CT molecular complexity index is 541. The molecule has 0 saturated heterocycles. The number of nitrogens with zero attached hydrogens (tertiary/aromatic N) is 3. The Labute approximate surface area is 162 Å². The van der Waals surface area contributed by atoms with E-state index < -0.39 is 30.4 Å². The monoisotopic (exact) mass is 405 g/mol. The Hall–Kier alpha value is -2.57. The zero-order valence-corrected chi connectivity index (χ0v) is 15.8. The van der Waals surface area contributed by atoms with Crippen molar-refractivity contribution in [2.45, 2.75) is 6.92 Å². The molecule has 12 heteroatoms. The Morgan fingerprint density at radius 3 is 1.64 bits per heavy atom. The zero-order valence-electron chi connectivity index (χ0n) is 15.8. The third kappa shape index (κ3) is 13.6. The van der Waals surface area contributed by atoms with Crippen LogP contribution in [0.4, 0.5) is 0 Å². The van der Waals surface area contributed by atoms with Crippen LogP contribution in [0.5, 0.6) is 0 Å². The maximum absolute atomic E-state index is 11.6. The van der Waals surface area contributed by atoms with E-state index in [9.17, 15) is 24.0 Å². The molecule has 0 aromatic heterocycles. The molecule has 0 aliphatic heterocycles. The fourth-order valence-electron chi connectivity index (χ4n) is 2.35. The lowest BCUT2D eigenvalue weighted by Gasteiger charge is -2.27. The smallest absolute Gasteiger partial charge is 0.320 e. The summed E-state index contributed by atoms with van der Waals surface area (Å²) >= 11 is 0. The summed E-state index contributed by atoms with van der Waals surface area (Å²) in [7, 11) is 0. The third-order valence-electron chi connectivity index (χ3n) is 3.53. The first-order valence-corrected chi connectivity index (χ1v) is 8.59. The van der Waals surface area contributed by atoms with E-state index in [0.29, 0.717) is 6.29 Å². The Morgan fingerprint density at radius 2 is 1.18 bits per heavy atom. The molecule has 0 rings (SSSR count). The second-order valence-electron chi connectivity index (χ2n) is 5.87. The molecule has 0 saturated carbocycles. The molecule has 0 aromatic rings. The molecule has 0 aliphatic rings. The van der Waals surface area contributed by atoms with Gasteiger partial charge in [-0.05, 0) is 6.92 Å². The Morgan fingerprint density at radius 1 is 0.750 bits per heavy atom. The summed E-state index contributed by atoms with van der Waals surface area (Å²) in [6, 6.07) is 0. The van der Waals surface area contributed by atoms with Crippen molar-refractivity contribution in [3.63, 3.8) is 0 Å². The van der Waals surface area contributed by atoms with Crippen molar-refractivity contribution in [2.24, 2.45) is 0 Å². The highest BCUT2D eigenvalue weighted by molar-refractivity contribution is 5.74. The first-order chi connectivity index (χ1) is 13.2. The van der Waals surface area contributed by atoms with Crippen molar-refractivity contribution in [3.8, 4) is 0 Å². The van der Waals surface area contributed by atoms with E-state index in [4.69, 9.17) is 20.1 Å². The van der Waals surface area contributed by atoms with E-state index in [2.05, 4.69) is 0 Å². The van der Waals surface area contributed by atoms with Crippen LogP contribution in [0.15, 0.2) is 0 Å². The predicted molar refractivity (Wildman–Crippen MR) is 94.9 cm³/mol. The average molecular weight is 405 g/mol. The van der Waals surface area contributed by atoms with E-state index in [1.807, 2.05) is 0 Å². The lowest BCUT2D eigenvalue weighted by molar-refractivity contribution is -0.146. The summed E-state index contributed by atoms with van der Waals surface area (Å²) in [5.74, 6) is -3.97. The van der Waals surface area contributed by atoms with Crippen LogP contribution in [-0.4, -0.2) is 126 Å². The molecule has 0 aromatic carbocycles. The Kier molecular flexibility index (Phi) is 13.2. The minimum absolute atomic E-state index is 0.0883. The maximum atomic E-state index is 11.6. The van der Waals surface area contributed by atoms with Crippen molar-refractivity contribution < 1.29 is 44.0 Å². The highest BCUT2D eigenvalue weighted by Gasteiger charge is 2.18. The zero-order chi connectivity index (χ0) is 21.5. The van der Waals surface area contributed by atoms with Gasteiger partial charge in [-0.2, -0.15) is 0 Å². The normalized spacial score (nSPS) is 11.0. The van der Waals surface area contributed by atoms with Crippen LogP contribution in [0.1, 0.15) is 6.92 Å². The van der Waals surface area contributed by atoms with Gasteiger partial charge in [0.05, 0.1) is 39.3 Å². The van der Waals surface area contributed by atoms with Gasteiger partial charge < -0.3 is 24.9 Å². The van der Waals surface area contributed by atoms with E-state index in [1.54, 1.807) is 6.92 Å². The molecular weight excluding hydrogens is 378 g/mol. The highest BCUT2D eigenvalue weighted by Crippen LogP contribution is 1.97. The SMILES string of the molecule is CCOC(=O)CN(CCN(CCN(CC=O)CC(=O)O)CC(=O)O)CC(=O)O. The number of carbonyl (C=O) groups is 5. The molecule has 0 atom stereocenters. The van der Waals surface area contributed by atoms with Gasteiger partial charge in [-0.3, -0.25) is 33.9 Å². The van der Waals surface area contributed by atoms with Gasteiger partial charge in [-0.25, -0.2) is 0 Å². The molecular formula is C16H27N3O9. The quantitative estimate of drug-likeness (QED) is 0.179. The lowest BCUT2D eigenvalue weighted by atomic mass is 10.3. The molecule has 0 fully saturated rings. The summed E-state index contributed by atoms with van der Waals surface area (Å²) < 4.78 is 4.79. The van der Waals surface area contributed by atoms with Crippen molar-refractivity contribution in [1.29, 1.82) is 0 Å². The van der Waals surface area contributed by atoms with Crippen molar-refractivity contribution >= 4 is 30.2 Å². The first-order valence-electron chi connectivity index (χ1n) is 8.59. The summed E-state index contributed by atoms with van der Waals surface area (Å²) in [6.45, 7) is 0.761. The van der Waals surface area contributed by atoms with Crippen molar-refractivity contribution in [3.05, 3.63) is 0 Å². The van der Waals surface area contributed by atoms with Crippen LogP contribution in [0.2, 0.25) is 0 Å². The lowest BCUT2D eigenvalue weighted by Crippen LogP contribution is -2.45. The van der Waals surface area contributed by atoms with E-state index in [-0.39, 0.29) is 59.0 Å². The minimum atomic E-state index is -1.15. The second-order valence-corrected chi connectivity index (χ2v) is 5.87. The van der Waals surface area contributed by atoms with Crippen LogP contribution in [0.3, 0.4) is 0 Å². The number of hydrogen-bond acceptors (Lipinski definition) is 9. The molecule has 0 spiro atoms. The molecule has 3 N–H and O–H groups in total. The number of rotatable bonds is 17. The predicted octanol–water partition coefficient (Wildman–Crippen LogP) is -2.09. The molecule has 0 amide bonds. The number of carboxylic acids is 3. The van der Waals surface area contributed by atoms with E-state index in [1.165, 1.54) is 14.7 Å². The summed E-state index contributed by atoms with van der Waals surface area (Å²) in [4.78, 5) is 59.2. The minimum Gasteiger partial charge on any atom is -0.480 e. The fraction of sp³-hybridized carbons (Fsp3) is 0.688. The van der Waals surface area contributed by atoms with E-state index >= 15 is 0 Å². The Balaban J connectivity index is 4.85. The van der Waals surface area contributed by atoms with Crippen LogP contribution in [0, 0.1) is 0 Å². The number of aliphatic carboxylic acids is 3. The molecule has 0 aliphatic carbocycles. The van der Waals surface area contributed by atoms with Gasteiger partial charge in [0.1, 0.15) is 6.29 Å². The van der Waals surface area contributed by atoms with Gasteiger partial charge in [-0.15, -0.1) is 0 Å². The number of carboxylic acid groups (broad SMARTS) is 3. The van der Waals surface area contributed by atoms with E-state index in [0.717, 1.165) is 0 Å². The number of esters is 1. The second kappa shape index (κ2) is 14.5. The number of carbonyl (C=O) groups excluding carboxylic acids is 2. The molecule has 12 nitrogen and oxygen atoms in total. The summed E-state index contributed by atoms with van der Waals surface area (Å²) in [5.41, 5.74) is 0. The van der Waals surface area contributed by atoms with Crippen LogP contribution in [-0.2, 0) is 28.7 Å². The van der Waals surface area contributed by atoms with Crippen LogP contribution in [0.25, 0.3) is 0 Å². The molecule has 28 heavy (non-hydrogen) atoms. The third-order valence-corrected chi connectivity index (χ3v) is 3.53. The van der Waals surface area contributed by atoms with Gasteiger partial charge in [-0.1, -0.05) is 0 Å². The number of ether oxygens (including phenoxy) is 1. The summed E-state index contributed by atoms with van der Waals surface area (Å²) in [6.07, 6.45) is 0.554. The van der Waals surface area contributed by atoms with Crippen molar-refractivity contribution in [2.75, 3.05) is 65.5 Å². The van der Waals surface area contributed by atoms with Gasteiger partial charge >= 0.3 is 23.9 Å². The van der Waals surface area contributed by atoms with Crippen LogP contribution < -0.4 is 0 Å². The maximum Gasteiger partial charge on any atom is 0.320 e. The first kappa shape index (κ1) is 25.4. The topological polar surface area (TPSA) is 165 Å². The number of hydrogen-bond donors (Lipinski definition) is 3. The van der Waals surface area contributed by atoms with Gasteiger partial charge in [0.2, 0.25) is 0 Å². The van der Waals surface area contributed by atoms with Crippen LogP contribution >= 0.6 is 0 Å². The average Bonchev–Trinajstić information content (AvgIpc) is 2.55. The standard InChI is InChI=1S/C16H27N3O9/c1-2-28-16(27)12-19(11-15(25)26)6-5-17(9-13(21)22)3-4-18(7-8-20)10-14(23)24/h8H,2-7,9-12H2,1H3,(H,21,22)(H,23,24)(H,25,26). The molecule has 0 radical (unpaired) electrons. The molecule has 0 unspecified atom stereocenters.